The molecule has 2 heterocycles. The number of hydrogen-bond acceptors (Lipinski definition) is 4. The lowest BCUT2D eigenvalue weighted by atomic mass is 10.0. The first kappa shape index (κ1) is 16.5. The molecule has 0 bridgehead atoms. The van der Waals surface area contributed by atoms with Gasteiger partial charge in [0.2, 0.25) is 5.91 Å². The molecule has 0 aliphatic carbocycles. The van der Waals surface area contributed by atoms with E-state index in [9.17, 15) is 9.59 Å². The highest BCUT2D eigenvalue weighted by Gasteiger charge is 2.31. The number of H-pyrrole nitrogens is 1. The van der Waals surface area contributed by atoms with Crippen molar-refractivity contribution in [1.82, 2.24) is 9.88 Å². The van der Waals surface area contributed by atoms with E-state index in [0.29, 0.717) is 18.5 Å². The molecule has 1 aromatic carbocycles. The van der Waals surface area contributed by atoms with E-state index in [-0.39, 0.29) is 17.6 Å². The lowest BCUT2D eigenvalue weighted by molar-refractivity contribution is -0.137. The Morgan fingerprint density at radius 3 is 2.67 bits per heavy atom. The highest BCUT2D eigenvalue weighted by Crippen LogP contribution is 2.23. The first-order valence-electron chi connectivity index (χ1n) is 8.21. The fraction of sp³-hybridized carbons (Fsp3) is 0.444. The second-order valence-corrected chi connectivity index (χ2v) is 6.89. The summed E-state index contributed by atoms with van der Waals surface area (Å²) < 4.78 is 6.04. The molecule has 6 nitrogen and oxygen atoms in total. The van der Waals surface area contributed by atoms with Gasteiger partial charge in [-0.3, -0.25) is 9.59 Å². The van der Waals surface area contributed by atoms with Crippen LogP contribution in [-0.4, -0.2) is 40.5 Å². The number of amides is 1. The maximum Gasteiger partial charge on any atom is 0.255 e. The topological polar surface area (TPSA) is 88.4 Å². The molecule has 6 heteroatoms. The molecule has 1 aliphatic rings. The largest absolute Gasteiger partial charge is 0.490 e. The van der Waals surface area contributed by atoms with Crippen LogP contribution in [0.15, 0.2) is 35.3 Å². The summed E-state index contributed by atoms with van der Waals surface area (Å²) in [6, 6.07) is 7.33. The number of aromatic amines is 1. The van der Waals surface area contributed by atoms with Crippen LogP contribution in [0.2, 0.25) is 0 Å². The Labute approximate surface area is 140 Å². The smallest absolute Gasteiger partial charge is 0.255 e. The number of carbonyl (C=O) groups excluding carboxylic acids is 1. The molecule has 1 amide bonds. The number of ether oxygens (including phenoxy) is 1. The van der Waals surface area contributed by atoms with Gasteiger partial charge in [-0.2, -0.15) is 0 Å². The monoisotopic (exact) mass is 329 g/mol. The average molecular weight is 329 g/mol. The van der Waals surface area contributed by atoms with E-state index in [2.05, 4.69) is 4.98 Å². The number of carbonyl (C=O) groups is 1. The third kappa shape index (κ3) is 3.43. The van der Waals surface area contributed by atoms with Crippen molar-refractivity contribution in [3.05, 3.63) is 40.8 Å². The highest BCUT2D eigenvalue weighted by atomic mass is 16.5. The van der Waals surface area contributed by atoms with E-state index in [0.717, 1.165) is 24.0 Å². The second kappa shape index (κ2) is 6.28. The Morgan fingerprint density at radius 1 is 1.29 bits per heavy atom. The molecule has 128 valence electrons. The first-order valence-corrected chi connectivity index (χ1v) is 8.21. The molecule has 0 unspecified atom stereocenters. The number of benzene rings is 1. The predicted molar refractivity (Wildman–Crippen MR) is 93.1 cm³/mol. The molecule has 0 radical (unpaired) electrons. The second-order valence-electron chi connectivity index (χ2n) is 6.89. The zero-order valence-electron chi connectivity index (χ0n) is 14.0. The lowest BCUT2D eigenvalue weighted by Crippen LogP contribution is -2.54. The molecule has 0 atom stereocenters. The normalized spacial score (nSPS) is 16.4. The minimum absolute atomic E-state index is 0.0223. The third-order valence-electron chi connectivity index (χ3n) is 4.33. The standard InChI is InChI=1S/C18H23N3O3/c1-18(2,19)17(23)21-9-6-13(7-10-21)24-14-3-4-15-12(11-14)5-8-20-16(15)22/h3-5,8,11,13H,6-7,9-10,19H2,1-2H3,(H,20,22). The first-order chi connectivity index (χ1) is 11.3. The number of nitrogens with one attached hydrogen (secondary N) is 1. The summed E-state index contributed by atoms with van der Waals surface area (Å²) in [5, 5.41) is 1.50. The van der Waals surface area contributed by atoms with E-state index in [1.54, 1.807) is 31.0 Å². The van der Waals surface area contributed by atoms with Crippen LogP contribution in [-0.2, 0) is 4.79 Å². The van der Waals surface area contributed by atoms with Crippen molar-refractivity contribution in [2.24, 2.45) is 5.73 Å². The maximum atomic E-state index is 12.2. The molecule has 2 aromatic rings. The van der Waals surface area contributed by atoms with Crippen molar-refractivity contribution in [3.8, 4) is 5.75 Å². The van der Waals surface area contributed by atoms with E-state index in [4.69, 9.17) is 10.5 Å². The molecule has 3 N–H and O–H groups in total. The molecule has 1 fully saturated rings. The Bertz CT molecular complexity index is 799. The molecule has 1 aliphatic heterocycles. The molecule has 0 saturated carbocycles. The van der Waals surface area contributed by atoms with Crippen LogP contribution < -0.4 is 16.0 Å². The van der Waals surface area contributed by atoms with E-state index >= 15 is 0 Å². The number of nitrogens with zero attached hydrogens (tertiary/aromatic N) is 1. The minimum Gasteiger partial charge on any atom is -0.490 e. The fourth-order valence-corrected chi connectivity index (χ4v) is 3.02. The number of nitrogens with two attached hydrogens (primary N) is 1. The van der Waals surface area contributed by atoms with Crippen molar-refractivity contribution < 1.29 is 9.53 Å². The Balaban J connectivity index is 1.64. The quantitative estimate of drug-likeness (QED) is 0.896. The van der Waals surface area contributed by atoms with Crippen LogP contribution in [0.5, 0.6) is 5.75 Å². The van der Waals surface area contributed by atoms with Gasteiger partial charge in [-0.05, 0) is 43.5 Å². The Morgan fingerprint density at radius 2 is 2.00 bits per heavy atom. The summed E-state index contributed by atoms with van der Waals surface area (Å²) in [5.74, 6) is 0.725. The number of fused-ring (bicyclic) bond motifs is 1. The average Bonchev–Trinajstić information content (AvgIpc) is 2.54. The summed E-state index contributed by atoms with van der Waals surface area (Å²) in [6.45, 7) is 4.76. The zero-order valence-corrected chi connectivity index (χ0v) is 14.0. The molecule has 1 aromatic heterocycles. The maximum absolute atomic E-state index is 12.2. The van der Waals surface area contributed by atoms with Crippen LogP contribution in [0.1, 0.15) is 26.7 Å². The van der Waals surface area contributed by atoms with Gasteiger partial charge in [0.15, 0.2) is 0 Å². The van der Waals surface area contributed by atoms with Gasteiger partial charge in [-0.15, -0.1) is 0 Å². The van der Waals surface area contributed by atoms with Crippen LogP contribution in [0.3, 0.4) is 0 Å². The van der Waals surface area contributed by atoms with Gasteiger partial charge in [0.1, 0.15) is 11.9 Å². The van der Waals surface area contributed by atoms with Crippen molar-refractivity contribution >= 4 is 16.7 Å². The van der Waals surface area contributed by atoms with E-state index in [1.165, 1.54) is 0 Å². The van der Waals surface area contributed by atoms with Crippen LogP contribution in [0.4, 0.5) is 0 Å². The number of aromatic nitrogens is 1. The van der Waals surface area contributed by atoms with E-state index in [1.807, 2.05) is 18.2 Å². The Hall–Kier alpha value is -2.34. The van der Waals surface area contributed by atoms with Crippen LogP contribution >= 0.6 is 0 Å². The summed E-state index contributed by atoms with van der Waals surface area (Å²) in [5.41, 5.74) is 4.95. The molecule has 1 saturated heterocycles. The summed E-state index contributed by atoms with van der Waals surface area (Å²) in [4.78, 5) is 28.4. The number of hydrogen-bond donors (Lipinski definition) is 2. The summed E-state index contributed by atoms with van der Waals surface area (Å²) >= 11 is 0. The Kier molecular flexibility index (Phi) is 4.32. The number of pyridine rings is 1. The van der Waals surface area contributed by atoms with Gasteiger partial charge >= 0.3 is 0 Å². The van der Waals surface area contributed by atoms with E-state index < -0.39 is 5.54 Å². The predicted octanol–water partition coefficient (Wildman–Crippen LogP) is 1.64. The number of piperidine rings is 1. The van der Waals surface area contributed by atoms with Crippen molar-refractivity contribution in [2.75, 3.05) is 13.1 Å². The summed E-state index contributed by atoms with van der Waals surface area (Å²) in [7, 11) is 0. The van der Waals surface area contributed by atoms with Crippen molar-refractivity contribution in [2.45, 2.75) is 38.3 Å². The minimum atomic E-state index is -0.834. The van der Waals surface area contributed by atoms with Crippen molar-refractivity contribution in [1.29, 1.82) is 0 Å². The molecule has 3 rings (SSSR count). The van der Waals surface area contributed by atoms with Gasteiger partial charge in [0.25, 0.3) is 5.56 Å². The molecule has 0 spiro atoms. The zero-order chi connectivity index (χ0) is 17.3. The van der Waals surface area contributed by atoms with Gasteiger partial charge in [0, 0.05) is 37.5 Å². The van der Waals surface area contributed by atoms with Gasteiger partial charge in [0.05, 0.1) is 5.54 Å². The third-order valence-corrected chi connectivity index (χ3v) is 4.33. The van der Waals surface area contributed by atoms with Crippen molar-refractivity contribution in [3.63, 3.8) is 0 Å². The molecular formula is C18H23N3O3. The summed E-state index contributed by atoms with van der Waals surface area (Å²) in [6.07, 6.45) is 3.24. The van der Waals surface area contributed by atoms with Gasteiger partial charge in [-0.1, -0.05) is 0 Å². The fourth-order valence-electron chi connectivity index (χ4n) is 3.02. The SMILES string of the molecule is CC(C)(N)C(=O)N1CCC(Oc2ccc3c(=O)[nH]ccc3c2)CC1. The van der Waals surface area contributed by atoms with Crippen LogP contribution in [0, 0.1) is 0 Å². The number of rotatable bonds is 3. The molecule has 24 heavy (non-hydrogen) atoms. The highest BCUT2D eigenvalue weighted by molar-refractivity contribution is 5.85. The van der Waals surface area contributed by atoms with Crippen LogP contribution in [0.25, 0.3) is 10.8 Å². The number of likely N-dealkylation sites (tertiary alicyclic amines) is 1. The lowest BCUT2D eigenvalue weighted by Gasteiger charge is -2.35. The van der Waals surface area contributed by atoms with Gasteiger partial charge < -0.3 is 20.4 Å². The molecular weight excluding hydrogens is 306 g/mol. The van der Waals surface area contributed by atoms with Gasteiger partial charge in [-0.25, -0.2) is 0 Å².